The molecule has 0 amide bonds. The molecule has 2 rings (SSSR count). The topological polar surface area (TPSA) is 50.7 Å². The fourth-order valence-corrected chi connectivity index (χ4v) is 1.94. The van der Waals surface area contributed by atoms with E-state index in [0.29, 0.717) is 13.2 Å². The second-order valence-corrected chi connectivity index (χ2v) is 3.91. The molecule has 0 aromatic heterocycles. The maximum atomic E-state index is 9.64. The molecule has 0 bridgehead atoms. The lowest BCUT2D eigenvalue weighted by Gasteiger charge is -2.23. The molecule has 1 aliphatic rings. The maximum Gasteiger partial charge on any atom is 0.161 e. The molecule has 0 radical (unpaired) electrons. The van der Waals surface area contributed by atoms with Gasteiger partial charge in [-0.1, -0.05) is 6.07 Å². The highest BCUT2D eigenvalue weighted by Gasteiger charge is 2.18. The Kier molecular flexibility index (Phi) is 3.31. The van der Waals surface area contributed by atoms with E-state index in [-0.39, 0.29) is 6.04 Å². The Morgan fingerprint density at radius 2 is 1.94 bits per heavy atom. The zero-order chi connectivity index (χ0) is 11.5. The van der Waals surface area contributed by atoms with E-state index in [1.54, 1.807) is 6.92 Å². The van der Waals surface area contributed by atoms with Crippen LogP contribution in [0.3, 0.4) is 0 Å². The van der Waals surface area contributed by atoms with Crippen molar-refractivity contribution in [2.24, 2.45) is 0 Å². The molecule has 2 unspecified atom stereocenters. The van der Waals surface area contributed by atoms with Crippen LogP contribution in [-0.4, -0.2) is 31.5 Å². The van der Waals surface area contributed by atoms with E-state index in [0.717, 1.165) is 17.1 Å². The lowest BCUT2D eigenvalue weighted by Crippen LogP contribution is -2.27. The number of nitrogens with one attached hydrogen (secondary N) is 1. The molecular weight excluding hydrogens is 206 g/mol. The predicted molar refractivity (Wildman–Crippen MR) is 60.9 cm³/mol. The van der Waals surface area contributed by atoms with Gasteiger partial charge in [0.25, 0.3) is 0 Å². The summed E-state index contributed by atoms with van der Waals surface area (Å²) in [6.07, 6.45) is -0.451. The van der Waals surface area contributed by atoms with Gasteiger partial charge in [-0.25, -0.2) is 0 Å². The van der Waals surface area contributed by atoms with Crippen molar-refractivity contribution in [1.82, 2.24) is 5.32 Å². The van der Waals surface area contributed by atoms with Crippen molar-refractivity contribution in [2.75, 3.05) is 20.3 Å². The van der Waals surface area contributed by atoms with Crippen LogP contribution >= 0.6 is 0 Å². The molecule has 0 saturated heterocycles. The molecule has 16 heavy (non-hydrogen) atoms. The van der Waals surface area contributed by atoms with Crippen molar-refractivity contribution in [3.8, 4) is 11.5 Å². The molecule has 2 N–H and O–H groups in total. The number of fused-ring (bicyclic) bond motifs is 1. The largest absolute Gasteiger partial charge is 0.486 e. The first-order valence-corrected chi connectivity index (χ1v) is 5.47. The van der Waals surface area contributed by atoms with Gasteiger partial charge in [-0.15, -0.1) is 0 Å². The molecule has 2 atom stereocenters. The number of aliphatic hydroxyl groups is 1. The molecule has 1 heterocycles. The summed E-state index contributed by atoms with van der Waals surface area (Å²) in [7, 11) is 1.83. The molecule has 1 aromatic rings. The van der Waals surface area contributed by atoms with Crippen LogP contribution in [0.25, 0.3) is 0 Å². The number of likely N-dealkylation sites (N-methyl/N-ethyl adjacent to an activating group) is 1. The molecule has 0 fully saturated rings. The Bertz CT molecular complexity index is 365. The first-order valence-electron chi connectivity index (χ1n) is 5.47. The molecule has 0 saturated carbocycles. The van der Waals surface area contributed by atoms with Crippen molar-refractivity contribution >= 4 is 0 Å². The van der Waals surface area contributed by atoms with Crippen LogP contribution in [0.15, 0.2) is 18.2 Å². The van der Waals surface area contributed by atoms with Gasteiger partial charge >= 0.3 is 0 Å². The highest BCUT2D eigenvalue weighted by atomic mass is 16.6. The molecular formula is C12H17NO3. The van der Waals surface area contributed by atoms with Crippen molar-refractivity contribution in [2.45, 2.75) is 19.1 Å². The van der Waals surface area contributed by atoms with Crippen LogP contribution in [0.1, 0.15) is 18.5 Å². The lowest BCUT2D eigenvalue weighted by atomic mass is 10.0. The standard InChI is InChI=1S/C12H17NO3/c1-8(14)12(13-2)9-3-4-10-11(7-9)16-6-5-15-10/h3-4,7-8,12-14H,5-6H2,1-2H3. The van der Waals surface area contributed by atoms with Crippen LogP contribution in [0.2, 0.25) is 0 Å². The summed E-state index contributed by atoms with van der Waals surface area (Å²) < 4.78 is 10.9. The van der Waals surface area contributed by atoms with Gasteiger partial charge in [0.1, 0.15) is 13.2 Å². The summed E-state index contributed by atoms with van der Waals surface area (Å²) >= 11 is 0. The Labute approximate surface area is 95.2 Å². The fourth-order valence-electron chi connectivity index (χ4n) is 1.94. The second-order valence-electron chi connectivity index (χ2n) is 3.91. The summed E-state index contributed by atoms with van der Waals surface area (Å²) in [4.78, 5) is 0. The highest BCUT2D eigenvalue weighted by Crippen LogP contribution is 2.33. The number of ether oxygens (including phenoxy) is 2. The maximum absolute atomic E-state index is 9.64. The van der Waals surface area contributed by atoms with Gasteiger partial charge in [0.15, 0.2) is 11.5 Å². The average Bonchev–Trinajstić information content (AvgIpc) is 2.29. The highest BCUT2D eigenvalue weighted by molar-refractivity contribution is 5.44. The minimum Gasteiger partial charge on any atom is -0.486 e. The monoisotopic (exact) mass is 223 g/mol. The van der Waals surface area contributed by atoms with Gasteiger partial charge in [0.05, 0.1) is 12.1 Å². The van der Waals surface area contributed by atoms with E-state index in [1.165, 1.54) is 0 Å². The zero-order valence-corrected chi connectivity index (χ0v) is 9.56. The smallest absolute Gasteiger partial charge is 0.161 e. The SMILES string of the molecule is CNC(c1ccc2c(c1)OCCO2)C(C)O. The van der Waals surface area contributed by atoms with Crippen LogP contribution in [0.5, 0.6) is 11.5 Å². The minimum atomic E-state index is -0.451. The molecule has 4 heteroatoms. The molecule has 1 aliphatic heterocycles. The van der Waals surface area contributed by atoms with E-state index in [9.17, 15) is 5.11 Å². The molecule has 88 valence electrons. The third kappa shape index (κ3) is 2.13. The van der Waals surface area contributed by atoms with E-state index < -0.39 is 6.10 Å². The molecule has 4 nitrogen and oxygen atoms in total. The lowest BCUT2D eigenvalue weighted by molar-refractivity contribution is 0.148. The molecule has 1 aromatic carbocycles. The predicted octanol–water partition coefficient (Wildman–Crippen LogP) is 1.10. The van der Waals surface area contributed by atoms with E-state index in [4.69, 9.17) is 9.47 Å². The molecule has 0 aliphatic carbocycles. The van der Waals surface area contributed by atoms with Crippen LogP contribution in [-0.2, 0) is 0 Å². The summed E-state index contributed by atoms with van der Waals surface area (Å²) in [6, 6.07) is 5.66. The van der Waals surface area contributed by atoms with Crippen LogP contribution in [0, 0.1) is 0 Å². The first kappa shape index (κ1) is 11.2. The van der Waals surface area contributed by atoms with Crippen LogP contribution in [0.4, 0.5) is 0 Å². The van der Waals surface area contributed by atoms with Crippen molar-refractivity contribution < 1.29 is 14.6 Å². The number of hydrogen-bond donors (Lipinski definition) is 2. The number of aliphatic hydroxyl groups excluding tert-OH is 1. The molecule has 0 spiro atoms. The van der Waals surface area contributed by atoms with E-state index >= 15 is 0 Å². The Morgan fingerprint density at radius 3 is 2.56 bits per heavy atom. The van der Waals surface area contributed by atoms with Crippen molar-refractivity contribution in [3.05, 3.63) is 23.8 Å². The summed E-state index contributed by atoms with van der Waals surface area (Å²) in [5, 5.41) is 12.7. The van der Waals surface area contributed by atoms with E-state index in [2.05, 4.69) is 5.32 Å². The normalized spacial score (nSPS) is 17.9. The Balaban J connectivity index is 2.28. The van der Waals surface area contributed by atoms with Crippen molar-refractivity contribution in [3.63, 3.8) is 0 Å². The van der Waals surface area contributed by atoms with Crippen LogP contribution < -0.4 is 14.8 Å². The van der Waals surface area contributed by atoms with Gasteiger partial charge in [0, 0.05) is 0 Å². The zero-order valence-electron chi connectivity index (χ0n) is 9.56. The third-order valence-corrected chi connectivity index (χ3v) is 2.72. The van der Waals surface area contributed by atoms with Gasteiger partial charge in [-0.2, -0.15) is 0 Å². The number of benzene rings is 1. The Hall–Kier alpha value is -1.26. The Morgan fingerprint density at radius 1 is 1.25 bits per heavy atom. The van der Waals surface area contributed by atoms with Gasteiger partial charge in [0.2, 0.25) is 0 Å². The quantitative estimate of drug-likeness (QED) is 0.805. The minimum absolute atomic E-state index is 0.0872. The summed E-state index contributed by atoms with van der Waals surface area (Å²) in [5.41, 5.74) is 1.00. The van der Waals surface area contributed by atoms with Gasteiger partial charge < -0.3 is 19.9 Å². The third-order valence-electron chi connectivity index (χ3n) is 2.72. The van der Waals surface area contributed by atoms with Crippen molar-refractivity contribution in [1.29, 1.82) is 0 Å². The van der Waals surface area contributed by atoms with Gasteiger partial charge in [-0.05, 0) is 31.7 Å². The second kappa shape index (κ2) is 4.72. The fraction of sp³-hybridized carbons (Fsp3) is 0.500. The van der Waals surface area contributed by atoms with E-state index in [1.807, 2.05) is 25.2 Å². The number of hydrogen-bond acceptors (Lipinski definition) is 4. The summed E-state index contributed by atoms with van der Waals surface area (Å²) in [6.45, 7) is 2.94. The first-order chi connectivity index (χ1) is 7.72. The average molecular weight is 223 g/mol. The number of rotatable bonds is 3. The summed E-state index contributed by atoms with van der Waals surface area (Å²) in [5.74, 6) is 1.53. The van der Waals surface area contributed by atoms with Gasteiger partial charge in [-0.3, -0.25) is 0 Å².